The lowest BCUT2D eigenvalue weighted by Crippen LogP contribution is -2.34. The lowest BCUT2D eigenvalue weighted by atomic mass is 9.99. The second-order valence-electron chi connectivity index (χ2n) is 9.00. The van der Waals surface area contributed by atoms with E-state index < -0.39 is 17.7 Å². The normalized spacial score (nSPS) is 14.9. The minimum Gasteiger partial charge on any atom is -0.489 e. The Morgan fingerprint density at radius 1 is 1.30 bits per heavy atom. The number of pyridine rings is 1. The molecule has 0 spiro atoms. The van der Waals surface area contributed by atoms with Gasteiger partial charge in [0.2, 0.25) is 0 Å². The first-order valence-electron chi connectivity index (χ1n) is 11.6. The largest absolute Gasteiger partial charge is 0.490 e. The van der Waals surface area contributed by atoms with Crippen LogP contribution in [0.3, 0.4) is 0 Å². The summed E-state index contributed by atoms with van der Waals surface area (Å²) in [4.78, 5) is 20.3. The first-order valence-corrected chi connectivity index (χ1v) is 11.6. The van der Waals surface area contributed by atoms with Gasteiger partial charge in [0.1, 0.15) is 16.7 Å². The quantitative estimate of drug-likeness (QED) is 0.367. The van der Waals surface area contributed by atoms with Gasteiger partial charge in [-0.15, -0.1) is 0 Å². The Morgan fingerprint density at radius 2 is 2.03 bits per heavy atom. The number of aryl methyl sites for hydroxylation is 1. The molecule has 0 bridgehead atoms. The van der Waals surface area contributed by atoms with Crippen molar-refractivity contribution in [3.63, 3.8) is 0 Å². The first kappa shape index (κ1) is 26.2. The van der Waals surface area contributed by atoms with Crippen LogP contribution >= 0.6 is 0 Å². The van der Waals surface area contributed by atoms with Crippen molar-refractivity contribution in [1.82, 2.24) is 30.2 Å². The van der Waals surface area contributed by atoms with Crippen molar-refractivity contribution < 1.29 is 32.1 Å². The molecule has 0 unspecified atom stereocenters. The van der Waals surface area contributed by atoms with E-state index in [0.29, 0.717) is 41.7 Å². The molecule has 3 N–H and O–H groups in total. The molecule has 1 aliphatic heterocycles. The number of rotatable bonds is 6. The number of nitrogen functional groups attached to an aromatic ring is 1. The van der Waals surface area contributed by atoms with Crippen molar-refractivity contribution >= 4 is 22.8 Å². The lowest BCUT2D eigenvalue weighted by Gasteiger charge is -2.23. The number of nitrogens with two attached hydrogens (primary N) is 1. The molecule has 3 aromatic rings. The fourth-order valence-electron chi connectivity index (χ4n) is 3.93. The number of ether oxygens (including phenoxy) is 2. The summed E-state index contributed by atoms with van der Waals surface area (Å²) < 4.78 is 55.2. The smallest absolute Gasteiger partial charge is 0.489 e. The Balaban J connectivity index is 1.77. The predicted molar refractivity (Wildman–Crippen MR) is 125 cm³/mol. The van der Waals surface area contributed by atoms with Crippen molar-refractivity contribution in [3.05, 3.63) is 11.9 Å². The molecule has 1 fully saturated rings. The van der Waals surface area contributed by atoms with Gasteiger partial charge in [0, 0.05) is 6.54 Å². The Kier molecular flexibility index (Phi) is 7.26. The number of halogens is 3. The number of carbonyl (C=O) groups is 1. The number of alkyl halides is 3. The van der Waals surface area contributed by atoms with E-state index in [1.165, 1.54) is 20.0 Å². The Hall–Kier alpha value is -3.86. The van der Waals surface area contributed by atoms with Crippen LogP contribution in [0.1, 0.15) is 39.3 Å². The van der Waals surface area contributed by atoms with Crippen LogP contribution in [0.5, 0.6) is 5.75 Å². The van der Waals surface area contributed by atoms with Crippen molar-refractivity contribution in [2.24, 2.45) is 5.92 Å². The van der Waals surface area contributed by atoms with Gasteiger partial charge in [0.25, 0.3) is 0 Å². The Morgan fingerprint density at radius 3 is 2.65 bits per heavy atom. The topological polar surface area (TPSA) is 143 Å². The minimum atomic E-state index is -5.14. The zero-order valence-electron chi connectivity index (χ0n) is 20.5. The second-order valence-corrected chi connectivity index (χ2v) is 9.00. The van der Waals surface area contributed by atoms with Gasteiger partial charge in [-0.3, -0.25) is 0 Å². The monoisotopic (exact) mass is 521 g/mol. The standard InChI is InChI=1S/C23H26F3N7O4/c1-4-33-18-15(35-12-13-6-9-28-10-7-13)11-29-14(5-8-22(2,3)36-21(34)23(24,25)26)16(18)30-20(33)17-19(27)32-37-31-17/h11,13,28H,4,6-7,9-10,12H2,1-3H3,(H2,27,32). The molecule has 3 aromatic heterocycles. The molecule has 1 saturated heterocycles. The number of imidazole rings is 1. The molecule has 0 aromatic carbocycles. The van der Waals surface area contributed by atoms with Crippen molar-refractivity contribution in [1.29, 1.82) is 0 Å². The number of esters is 1. The number of carbonyl (C=O) groups excluding carboxylic acids is 1. The average molecular weight is 522 g/mol. The highest BCUT2D eigenvalue weighted by Crippen LogP contribution is 2.33. The summed E-state index contributed by atoms with van der Waals surface area (Å²) in [6.45, 7) is 7.12. The third kappa shape index (κ3) is 5.77. The highest BCUT2D eigenvalue weighted by atomic mass is 19.4. The lowest BCUT2D eigenvalue weighted by molar-refractivity contribution is -0.207. The number of nitrogens with one attached hydrogen (secondary N) is 1. The average Bonchev–Trinajstić information content (AvgIpc) is 3.44. The summed E-state index contributed by atoms with van der Waals surface area (Å²) in [5.74, 6) is 4.10. The maximum atomic E-state index is 12.7. The molecule has 4 rings (SSSR count). The van der Waals surface area contributed by atoms with E-state index in [-0.39, 0.29) is 17.2 Å². The number of aromatic nitrogens is 5. The fraction of sp³-hybridized carbons (Fsp3) is 0.522. The van der Waals surface area contributed by atoms with Crippen LogP contribution in [0.25, 0.3) is 22.6 Å². The Bertz CT molecular complexity index is 1350. The van der Waals surface area contributed by atoms with E-state index in [0.717, 1.165) is 25.9 Å². The molecule has 14 heteroatoms. The number of piperidine rings is 1. The van der Waals surface area contributed by atoms with E-state index in [1.54, 1.807) is 4.57 Å². The van der Waals surface area contributed by atoms with Crippen molar-refractivity contribution in [2.75, 3.05) is 25.4 Å². The van der Waals surface area contributed by atoms with Crippen LogP contribution in [0.15, 0.2) is 10.8 Å². The number of hydrogen-bond donors (Lipinski definition) is 2. The zero-order chi connectivity index (χ0) is 26.8. The van der Waals surface area contributed by atoms with Crippen LogP contribution in [-0.2, 0) is 16.1 Å². The molecule has 4 heterocycles. The van der Waals surface area contributed by atoms with Crippen LogP contribution < -0.4 is 15.8 Å². The first-order chi connectivity index (χ1) is 17.5. The van der Waals surface area contributed by atoms with E-state index in [2.05, 4.69) is 42.2 Å². The minimum absolute atomic E-state index is 0.0305. The van der Waals surface area contributed by atoms with Gasteiger partial charge in [-0.2, -0.15) is 13.2 Å². The molecule has 0 radical (unpaired) electrons. The molecule has 0 saturated carbocycles. The fourth-order valence-corrected chi connectivity index (χ4v) is 3.93. The summed E-state index contributed by atoms with van der Waals surface area (Å²) >= 11 is 0. The van der Waals surface area contributed by atoms with Gasteiger partial charge < -0.3 is 25.1 Å². The summed E-state index contributed by atoms with van der Waals surface area (Å²) in [7, 11) is 0. The number of anilines is 1. The summed E-state index contributed by atoms with van der Waals surface area (Å²) in [5.41, 5.74) is 5.37. The zero-order valence-corrected chi connectivity index (χ0v) is 20.5. The molecule has 198 valence electrons. The number of fused-ring (bicyclic) bond motifs is 1. The van der Waals surface area contributed by atoms with Gasteiger partial charge in [0.05, 0.1) is 12.8 Å². The van der Waals surface area contributed by atoms with Crippen LogP contribution in [0, 0.1) is 17.8 Å². The molecule has 11 nitrogen and oxygen atoms in total. The second kappa shape index (κ2) is 10.3. The van der Waals surface area contributed by atoms with E-state index in [9.17, 15) is 18.0 Å². The third-order valence-electron chi connectivity index (χ3n) is 5.77. The van der Waals surface area contributed by atoms with Gasteiger partial charge in [-0.1, -0.05) is 0 Å². The van der Waals surface area contributed by atoms with Crippen LogP contribution in [0.2, 0.25) is 0 Å². The van der Waals surface area contributed by atoms with Gasteiger partial charge in [-0.05, 0) is 74.8 Å². The maximum Gasteiger partial charge on any atom is 0.490 e. The van der Waals surface area contributed by atoms with E-state index in [1.807, 2.05) is 6.92 Å². The molecular formula is C23H26F3N7O4. The van der Waals surface area contributed by atoms with Gasteiger partial charge in [-0.25, -0.2) is 19.4 Å². The summed E-state index contributed by atoms with van der Waals surface area (Å²) in [5, 5.41) is 10.8. The summed E-state index contributed by atoms with van der Waals surface area (Å²) in [6.07, 6.45) is -1.70. The molecule has 0 amide bonds. The number of hydrogen-bond acceptors (Lipinski definition) is 10. The molecule has 1 aliphatic rings. The highest BCUT2D eigenvalue weighted by molar-refractivity contribution is 5.89. The Labute approximate surface area is 209 Å². The SMILES string of the molecule is CCn1c(-c2nonc2N)nc2c(C#CC(C)(C)OC(=O)C(F)(F)F)ncc(OCC3CCNCC3)c21. The molecule has 37 heavy (non-hydrogen) atoms. The van der Waals surface area contributed by atoms with E-state index in [4.69, 9.17) is 15.1 Å². The van der Waals surface area contributed by atoms with Crippen LogP contribution in [-0.4, -0.2) is 62.3 Å². The maximum absolute atomic E-state index is 12.7. The third-order valence-corrected chi connectivity index (χ3v) is 5.77. The molecule has 0 atom stereocenters. The number of nitrogens with zero attached hydrogens (tertiary/aromatic N) is 5. The molecular weight excluding hydrogens is 495 g/mol. The van der Waals surface area contributed by atoms with E-state index >= 15 is 0 Å². The van der Waals surface area contributed by atoms with Crippen LogP contribution in [0.4, 0.5) is 19.0 Å². The van der Waals surface area contributed by atoms with Crippen molar-refractivity contribution in [2.45, 2.75) is 51.9 Å². The summed E-state index contributed by atoms with van der Waals surface area (Å²) in [6, 6.07) is 0. The molecule has 0 aliphatic carbocycles. The van der Waals surface area contributed by atoms with Gasteiger partial charge in [0.15, 0.2) is 28.7 Å². The van der Waals surface area contributed by atoms with Crippen molar-refractivity contribution in [3.8, 4) is 29.1 Å². The van der Waals surface area contributed by atoms with Gasteiger partial charge >= 0.3 is 12.1 Å². The predicted octanol–water partition coefficient (Wildman–Crippen LogP) is 2.70. The highest BCUT2D eigenvalue weighted by Gasteiger charge is 2.43.